The molecule has 21 heavy (non-hydrogen) atoms. The highest BCUT2D eigenvalue weighted by Crippen LogP contribution is 2.17. The summed E-state index contributed by atoms with van der Waals surface area (Å²) in [6.07, 6.45) is 8.32. The van der Waals surface area contributed by atoms with Crippen molar-refractivity contribution in [3.8, 4) is 0 Å². The van der Waals surface area contributed by atoms with Crippen molar-refractivity contribution in [1.29, 1.82) is 0 Å². The van der Waals surface area contributed by atoms with Gasteiger partial charge in [0.2, 0.25) is 0 Å². The van der Waals surface area contributed by atoms with Crippen molar-refractivity contribution in [3.05, 3.63) is 27.7 Å². The first-order valence-corrected chi connectivity index (χ1v) is 8.11. The average molecular weight is 403 g/mol. The van der Waals surface area contributed by atoms with Gasteiger partial charge in [-0.15, -0.1) is 0 Å². The number of carbonyl (C=O) groups excluding carboxylic acids is 2. The van der Waals surface area contributed by atoms with Gasteiger partial charge in [0.1, 0.15) is 5.76 Å². The zero-order valence-electron chi connectivity index (χ0n) is 11.6. The van der Waals surface area contributed by atoms with Crippen molar-refractivity contribution in [3.63, 3.8) is 0 Å². The highest BCUT2D eigenvalue weighted by molar-refractivity contribution is 14.1. The van der Waals surface area contributed by atoms with E-state index < -0.39 is 5.97 Å². The van der Waals surface area contributed by atoms with E-state index in [1.165, 1.54) is 18.6 Å². The quantitative estimate of drug-likeness (QED) is 0.467. The largest absolute Gasteiger partial charge is 0.452 e. The third kappa shape index (κ3) is 5.91. The van der Waals surface area contributed by atoms with Crippen LogP contribution in [0.25, 0.3) is 6.08 Å². The van der Waals surface area contributed by atoms with Crippen molar-refractivity contribution >= 4 is 40.5 Å². The average Bonchev–Trinajstić information content (AvgIpc) is 2.90. The van der Waals surface area contributed by atoms with Gasteiger partial charge in [0.25, 0.3) is 5.91 Å². The zero-order valence-corrected chi connectivity index (χ0v) is 13.8. The number of hydrogen-bond donors (Lipinski definition) is 1. The van der Waals surface area contributed by atoms with Crippen LogP contribution < -0.4 is 5.32 Å². The van der Waals surface area contributed by atoms with Crippen molar-refractivity contribution in [2.45, 2.75) is 38.1 Å². The van der Waals surface area contributed by atoms with Gasteiger partial charge in [0.15, 0.2) is 10.4 Å². The van der Waals surface area contributed by atoms with Crippen molar-refractivity contribution < 1.29 is 18.7 Å². The molecule has 0 atom stereocenters. The van der Waals surface area contributed by atoms with Gasteiger partial charge in [0.05, 0.1) is 0 Å². The van der Waals surface area contributed by atoms with Crippen molar-refractivity contribution in [2.24, 2.45) is 0 Å². The smallest absolute Gasteiger partial charge is 0.331 e. The minimum absolute atomic E-state index is 0.227. The number of halogens is 1. The predicted molar refractivity (Wildman–Crippen MR) is 86.4 cm³/mol. The van der Waals surface area contributed by atoms with Gasteiger partial charge in [0, 0.05) is 12.1 Å². The molecule has 1 N–H and O–H groups in total. The summed E-state index contributed by atoms with van der Waals surface area (Å²) in [5, 5.41) is 2.89. The van der Waals surface area contributed by atoms with Crippen LogP contribution in [0.2, 0.25) is 0 Å². The fourth-order valence-corrected chi connectivity index (χ4v) is 2.70. The third-order valence-corrected chi connectivity index (χ3v) is 3.87. The Bertz CT molecular complexity index is 517. The third-order valence-electron chi connectivity index (χ3n) is 3.29. The van der Waals surface area contributed by atoms with Crippen molar-refractivity contribution in [1.82, 2.24) is 5.32 Å². The van der Waals surface area contributed by atoms with Gasteiger partial charge in [-0.2, -0.15) is 0 Å². The molecule has 0 aliphatic heterocycles. The van der Waals surface area contributed by atoms with Crippen molar-refractivity contribution in [2.75, 3.05) is 6.61 Å². The molecule has 5 nitrogen and oxygen atoms in total. The number of rotatable bonds is 5. The monoisotopic (exact) mass is 403 g/mol. The molecule has 0 aromatic carbocycles. The first kappa shape index (κ1) is 16.1. The van der Waals surface area contributed by atoms with Gasteiger partial charge < -0.3 is 14.5 Å². The molecule has 1 aromatic heterocycles. The first-order chi connectivity index (χ1) is 10.1. The van der Waals surface area contributed by atoms with Crippen LogP contribution in [0.1, 0.15) is 37.9 Å². The molecule has 1 amide bonds. The fraction of sp³-hybridized carbons (Fsp3) is 0.467. The van der Waals surface area contributed by atoms with Gasteiger partial charge in [-0.25, -0.2) is 4.79 Å². The second kappa shape index (κ2) is 8.21. The second-order valence-corrected chi connectivity index (χ2v) is 6.05. The van der Waals surface area contributed by atoms with E-state index in [4.69, 9.17) is 9.15 Å². The summed E-state index contributed by atoms with van der Waals surface area (Å²) in [4.78, 5) is 23.1. The van der Waals surface area contributed by atoms with E-state index in [9.17, 15) is 9.59 Å². The Balaban J connectivity index is 1.68. The predicted octanol–water partition coefficient (Wildman–Crippen LogP) is 2.89. The van der Waals surface area contributed by atoms with Crippen LogP contribution in [0.15, 0.2) is 22.6 Å². The maximum absolute atomic E-state index is 11.7. The lowest BCUT2D eigenvalue weighted by atomic mass is 9.95. The normalized spacial score (nSPS) is 16.0. The zero-order chi connectivity index (χ0) is 15.1. The molecule has 1 aliphatic carbocycles. The van der Waals surface area contributed by atoms with Crippen LogP contribution >= 0.6 is 22.6 Å². The Hall–Kier alpha value is -1.31. The van der Waals surface area contributed by atoms with Crippen LogP contribution in [-0.4, -0.2) is 24.5 Å². The molecule has 1 fully saturated rings. The molecule has 114 valence electrons. The summed E-state index contributed by atoms with van der Waals surface area (Å²) < 4.78 is 10.9. The molecule has 6 heteroatoms. The number of ether oxygens (including phenoxy) is 1. The van der Waals surface area contributed by atoms with E-state index in [1.807, 2.05) is 22.6 Å². The number of amides is 1. The van der Waals surface area contributed by atoms with E-state index >= 15 is 0 Å². The molecule has 0 unspecified atom stereocenters. The lowest BCUT2D eigenvalue weighted by molar-refractivity contribution is -0.144. The van der Waals surface area contributed by atoms with E-state index in [0.717, 1.165) is 29.5 Å². The molecule has 1 aromatic rings. The van der Waals surface area contributed by atoms with E-state index in [0.29, 0.717) is 5.76 Å². The highest BCUT2D eigenvalue weighted by atomic mass is 127. The summed E-state index contributed by atoms with van der Waals surface area (Å²) in [6, 6.07) is 3.77. The lowest BCUT2D eigenvalue weighted by Crippen LogP contribution is -2.38. The summed E-state index contributed by atoms with van der Waals surface area (Å²) in [5.74, 6) is -0.223. The fourth-order valence-electron chi connectivity index (χ4n) is 2.27. The highest BCUT2D eigenvalue weighted by Gasteiger charge is 2.16. The van der Waals surface area contributed by atoms with Gasteiger partial charge in [-0.05, 0) is 53.6 Å². The number of hydrogen-bond acceptors (Lipinski definition) is 4. The SMILES string of the molecule is O=C(COC(=O)/C=C/c1ccc(I)o1)NC1CCCCC1. The van der Waals surface area contributed by atoms with E-state index in [-0.39, 0.29) is 18.6 Å². The molecule has 0 radical (unpaired) electrons. The maximum Gasteiger partial charge on any atom is 0.331 e. The standard InChI is InChI=1S/C15H18INO4/c16-13-8-6-12(21-13)7-9-15(19)20-10-14(18)17-11-4-2-1-3-5-11/h6-9,11H,1-5,10H2,(H,17,18)/b9-7+. The van der Waals surface area contributed by atoms with Crippen LogP contribution in [-0.2, 0) is 14.3 Å². The summed E-state index contributed by atoms with van der Waals surface area (Å²) in [7, 11) is 0. The molecule has 1 saturated carbocycles. The number of esters is 1. The Labute approximate surface area is 137 Å². The molecule has 1 heterocycles. The minimum atomic E-state index is -0.555. The van der Waals surface area contributed by atoms with Gasteiger partial charge >= 0.3 is 5.97 Å². The second-order valence-electron chi connectivity index (χ2n) is 4.99. The topological polar surface area (TPSA) is 68.5 Å². The molecule has 0 bridgehead atoms. The lowest BCUT2D eigenvalue weighted by Gasteiger charge is -2.22. The number of furan rings is 1. The number of carbonyl (C=O) groups is 2. The van der Waals surface area contributed by atoms with Crippen LogP contribution in [0.4, 0.5) is 0 Å². The Morgan fingerprint density at radius 3 is 2.76 bits per heavy atom. The van der Waals surface area contributed by atoms with Gasteiger partial charge in [-0.3, -0.25) is 4.79 Å². The number of nitrogens with one attached hydrogen (secondary N) is 1. The molecule has 0 spiro atoms. The molecule has 2 rings (SSSR count). The van der Waals surface area contributed by atoms with Crippen LogP contribution in [0.5, 0.6) is 0 Å². The summed E-state index contributed by atoms with van der Waals surface area (Å²) in [6.45, 7) is -0.241. The molecular weight excluding hydrogens is 385 g/mol. The summed E-state index contributed by atoms with van der Waals surface area (Å²) in [5.41, 5.74) is 0. The van der Waals surface area contributed by atoms with Gasteiger partial charge in [-0.1, -0.05) is 19.3 Å². The first-order valence-electron chi connectivity index (χ1n) is 7.03. The minimum Gasteiger partial charge on any atom is -0.452 e. The van der Waals surface area contributed by atoms with Crippen LogP contribution in [0.3, 0.4) is 0 Å². The maximum atomic E-state index is 11.7. The van der Waals surface area contributed by atoms with E-state index in [2.05, 4.69) is 5.32 Å². The molecular formula is C15H18INO4. The molecule has 1 aliphatic rings. The summed E-state index contributed by atoms with van der Waals surface area (Å²) >= 11 is 2.04. The Morgan fingerprint density at radius 1 is 1.33 bits per heavy atom. The van der Waals surface area contributed by atoms with Crippen LogP contribution in [0, 0.1) is 3.77 Å². The molecule has 0 saturated heterocycles. The van der Waals surface area contributed by atoms with E-state index in [1.54, 1.807) is 12.1 Å². The Morgan fingerprint density at radius 2 is 2.10 bits per heavy atom. The Kier molecular flexibility index (Phi) is 6.28.